The van der Waals surface area contributed by atoms with Gasteiger partial charge in [-0.25, -0.2) is 0 Å². The van der Waals surface area contributed by atoms with Gasteiger partial charge in [-0.3, -0.25) is 4.79 Å². The number of aldehydes is 1. The molecule has 2 rings (SSSR count). The fourth-order valence-electron chi connectivity index (χ4n) is 1.69. The number of carbonyl (C=O) groups excluding carboxylic acids is 1. The molecule has 0 saturated carbocycles. The molecule has 0 spiro atoms. The third kappa shape index (κ3) is 2.13. The first-order valence-corrected chi connectivity index (χ1v) is 5.85. The van der Waals surface area contributed by atoms with Crippen LogP contribution in [0.5, 0.6) is 5.75 Å². The summed E-state index contributed by atoms with van der Waals surface area (Å²) < 4.78 is 11.7. The lowest BCUT2D eigenvalue weighted by atomic mass is 10.1. The van der Waals surface area contributed by atoms with E-state index in [4.69, 9.17) is 9.15 Å². The Labute approximate surface area is 108 Å². The average Bonchev–Trinajstić information content (AvgIpc) is 2.80. The number of rotatable bonds is 3. The van der Waals surface area contributed by atoms with Crippen LogP contribution in [0.25, 0.3) is 11.3 Å². The highest BCUT2D eigenvalue weighted by Gasteiger charge is 2.15. The zero-order valence-corrected chi connectivity index (χ0v) is 11.1. The van der Waals surface area contributed by atoms with Crippen LogP contribution in [0.15, 0.2) is 33.2 Å². The summed E-state index contributed by atoms with van der Waals surface area (Å²) in [5.41, 5.74) is 1.87. The number of hydrogen-bond acceptors (Lipinski definition) is 3. The third-order valence-electron chi connectivity index (χ3n) is 2.57. The zero-order valence-electron chi connectivity index (χ0n) is 9.49. The molecule has 0 unspecified atom stereocenters. The van der Waals surface area contributed by atoms with Crippen molar-refractivity contribution in [3.8, 4) is 17.1 Å². The quantitative estimate of drug-likeness (QED) is 0.808. The van der Waals surface area contributed by atoms with Crippen LogP contribution in [-0.4, -0.2) is 13.4 Å². The topological polar surface area (TPSA) is 39.4 Å². The maximum Gasteiger partial charge on any atom is 0.185 e. The standard InChI is InChI=1S/C13H11BrO3/c1-8-10(14)4-6-11(16-2)13(8)12-5-3-9(7-15)17-12/h3-7H,1-2H3. The van der Waals surface area contributed by atoms with Gasteiger partial charge in [-0.15, -0.1) is 0 Å². The Morgan fingerprint density at radius 1 is 1.29 bits per heavy atom. The summed E-state index contributed by atoms with van der Waals surface area (Å²) >= 11 is 3.46. The molecule has 2 aromatic rings. The van der Waals surface area contributed by atoms with Crippen molar-refractivity contribution in [3.05, 3.63) is 40.1 Å². The predicted octanol–water partition coefficient (Wildman–Crippen LogP) is 3.84. The van der Waals surface area contributed by atoms with E-state index in [-0.39, 0.29) is 0 Å². The second-order valence-corrected chi connectivity index (χ2v) is 4.42. The summed E-state index contributed by atoms with van der Waals surface area (Å²) in [6, 6.07) is 7.18. The molecular formula is C13H11BrO3. The van der Waals surface area contributed by atoms with Crippen molar-refractivity contribution in [2.45, 2.75) is 6.92 Å². The predicted molar refractivity (Wildman–Crippen MR) is 68.5 cm³/mol. The van der Waals surface area contributed by atoms with Gasteiger partial charge in [-0.2, -0.15) is 0 Å². The van der Waals surface area contributed by atoms with E-state index in [0.717, 1.165) is 21.3 Å². The number of carbonyl (C=O) groups is 1. The monoisotopic (exact) mass is 294 g/mol. The first kappa shape index (κ1) is 11.9. The van der Waals surface area contributed by atoms with E-state index >= 15 is 0 Å². The van der Waals surface area contributed by atoms with Crippen molar-refractivity contribution in [3.63, 3.8) is 0 Å². The summed E-state index contributed by atoms with van der Waals surface area (Å²) in [5, 5.41) is 0. The second-order valence-electron chi connectivity index (χ2n) is 3.57. The SMILES string of the molecule is COc1ccc(Br)c(C)c1-c1ccc(C=O)o1. The molecule has 3 nitrogen and oxygen atoms in total. The number of furan rings is 1. The molecule has 0 N–H and O–H groups in total. The van der Waals surface area contributed by atoms with Gasteiger partial charge in [0.1, 0.15) is 11.5 Å². The molecule has 0 saturated heterocycles. The Morgan fingerprint density at radius 3 is 2.65 bits per heavy atom. The van der Waals surface area contributed by atoms with E-state index in [9.17, 15) is 4.79 Å². The van der Waals surface area contributed by atoms with E-state index < -0.39 is 0 Å². The van der Waals surface area contributed by atoms with E-state index in [1.807, 2.05) is 19.1 Å². The Hall–Kier alpha value is -1.55. The van der Waals surface area contributed by atoms with E-state index in [1.54, 1.807) is 19.2 Å². The van der Waals surface area contributed by atoms with E-state index in [0.29, 0.717) is 17.8 Å². The Balaban J connectivity index is 2.64. The lowest BCUT2D eigenvalue weighted by Gasteiger charge is -2.10. The van der Waals surface area contributed by atoms with Crippen molar-refractivity contribution < 1.29 is 13.9 Å². The lowest BCUT2D eigenvalue weighted by Crippen LogP contribution is -1.91. The van der Waals surface area contributed by atoms with Gasteiger partial charge in [0, 0.05) is 4.47 Å². The van der Waals surface area contributed by atoms with Crippen LogP contribution in [0.4, 0.5) is 0 Å². The van der Waals surface area contributed by atoms with Crippen LogP contribution in [0.3, 0.4) is 0 Å². The molecule has 1 heterocycles. The van der Waals surface area contributed by atoms with Crippen LogP contribution >= 0.6 is 15.9 Å². The molecule has 1 aromatic carbocycles. The van der Waals surface area contributed by atoms with Crippen molar-refractivity contribution in [1.82, 2.24) is 0 Å². The van der Waals surface area contributed by atoms with Crippen molar-refractivity contribution in [2.24, 2.45) is 0 Å². The smallest absolute Gasteiger partial charge is 0.185 e. The largest absolute Gasteiger partial charge is 0.496 e. The highest BCUT2D eigenvalue weighted by Crippen LogP contribution is 2.37. The summed E-state index contributed by atoms with van der Waals surface area (Å²) in [6.45, 7) is 1.96. The number of methoxy groups -OCH3 is 1. The van der Waals surface area contributed by atoms with Crippen LogP contribution in [0.1, 0.15) is 16.1 Å². The minimum absolute atomic E-state index is 0.307. The Kier molecular flexibility index (Phi) is 3.33. The molecule has 1 aromatic heterocycles. The molecule has 0 aliphatic rings. The van der Waals surface area contributed by atoms with Crippen LogP contribution < -0.4 is 4.74 Å². The minimum atomic E-state index is 0.307. The van der Waals surface area contributed by atoms with Gasteiger partial charge in [-0.05, 0) is 36.8 Å². The fourth-order valence-corrected chi connectivity index (χ4v) is 2.02. The molecular weight excluding hydrogens is 284 g/mol. The van der Waals surface area contributed by atoms with E-state index in [2.05, 4.69) is 15.9 Å². The third-order valence-corrected chi connectivity index (χ3v) is 3.43. The van der Waals surface area contributed by atoms with Crippen LogP contribution in [-0.2, 0) is 0 Å². The molecule has 17 heavy (non-hydrogen) atoms. The van der Waals surface area contributed by atoms with Crippen molar-refractivity contribution in [2.75, 3.05) is 7.11 Å². The highest BCUT2D eigenvalue weighted by molar-refractivity contribution is 9.10. The van der Waals surface area contributed by atoms with Gasteiger partial charge in [0.2, 0.25) is 0 Å². The zero-order chi connectivity index (χ0) is 12.4. The Morgan fingerprint density at radius 2 is 2.06 bits per heavy atom. The molecule has 4 heteroatoms. The summed E-state index contributed by atoms with van der Waals surface area (Å²) in [4.78, 5) is 10.6. The van der Waals surface area contributed by atoms with Gasteiger partial charge >= 0.3 is 0 Å². The molecule has 88 valence electrons. The summed E-state index contributed by atoms with van der Waals surface area (Å²) in [6.07, 6.45) is 0.684. The van der Waals surface area contributed by atoms with E-state index in [1.165, 1.54) is 0 Å². The van der Waals surface area contributed by atoms with Gasteiger partial charge in [0.25, 0.3) is 0 Å². The van der Waals surface area contributed by atoms with Gasteiger partial charge in [-0.1, -0.05) is 15.9 Å². The maximum absolute atomic E-state index is 10.6. The molecule has 0 amide bonds. The fraction of sp³-hybridized carbons (Fsp3) is 0.154. The summed E-state index contributed by atoms with van der Waals surface area (Å²) in [5.74, 6) is 1.65. The van der Waals surface area contributed by atoms with Crippen molar-refractivity contribution >= 4 is 22.2 Å². The number of ether oxygens (including phenoxy) is 1. The number of halogens is 1. The molecule has 0 aliphatic heterocycles. The van der Waals surface area contributed by atoms with Gasteiger partial charge in [0.05, 0.1) is 12.7 Å². The van der Waals surface area contributed by atoms with Crippen molar-refractivity contribution in [1.29, 1.82) is 0 Å². The first-order valence-electron chi connectivity index (χ1n) is 5.06. The van der Waals surface area contributed by atoms with Gasteiger partial charge in [0.15, 0.2) is 12.0 Å². The molecule has 0 aliphatic carbocycles. The first-order chi connectivity index (χ1) is 8.17. The molecule has 0 radical (unpaired) electrons. The lowest BCUT2D eigenvalue weighted by molar-refractivity contribution is 0.110. The average molecular weight is 295 g/mol. The van der Waals surface area contributed by atoms with Crippen LogP contribution in [0, 0.1) is 6.92 Å². The normalized spacial score (nSPS) is 10.3. The Bertz CT molecular complexity index is 558. The second kappa shape index (κ2) is 4.75. The minimum Gasteiger partial charge on any atom is -0.496 e. The molecule has 0 bridgehead atoms. The number of hydrogen-bond donors (Lipinski definition) is 0. The molecule has 0 atom stereocenters. The summed E-state index contributed by atoms with van der Waals surface area (Å²) in [7, 11) is 1.61. The molecule has 0 fully saturated rings. The number of benzene rings is 1. The highest BCUT2D eigenvalue weighted by atomic mass is 79.9. The van der Waals surface area contributed by atoms with Gasteiger partial charge < -0.3 is 9.15 Å². The van der Waals surface area contributed by atoms with Crippen LogP contribution in [0.2, 0.25) is 0 Å². The maximum atomic E-state index is 10.6.